The molecule has 1 saturated carbocycles. The number of fused-ring (bicyclic) bond motifs is 1. The number of nitro benzene ring substituents is 1. The number of aliphatic hydroxyl groups is 1. The summed E-state index contributed by atoms with van der Waals surface area (Å²) < 4.78 is 2.00. The van der Waals surface area contributed by atoms with E-state index in [1.807, 2.05) is 16.8 Å². The zero-order valence-electron chi connectivity index (χ0n) is 18.5. The summed E-state index contributed by atoms with van der Waals surface area (Å²) in [5, 5.41) is 23.1. The molecular formula is C24H33BrN4O3. The summed E-state index contributed by atoms with van der Waals surface area (Å²) in [6, 6.07) is 8.40. The minimum Gasteiger partial charge on any atom is -1.00 e. The highest BCUT2D eigenvalue weighted by atomic mass is 79.9. The molecule has 7 nitrogen and oxygen atoms in total. The van der Waals surface area contributed by atoms with Crippen LogP contribution in [0.1, 0.15) is 76.2 Å². The molecule has 0 spiro atoms. The molecule has 0 saturated heterocycles. The first kappa shape index (κ1) is 24.6. The largest absolute Gasteiger partial charge is 1.00 e. The minimum absolute atomic E-state index is 0. The summed E-state index contributed by atoms with van der Waals surface area (Å²) in [7, 11) is 0. The van der Waals surface area contributed by atoms with Crippen molar-refractivity contribution < 1.29 is 31.6 Å². The average molecular weight is 505 g/mol. The van der Waals surface area contributed by atoms with Crippen molar-refractivity contribution in [2.24, 2.45) is 0 Å². The van der Waals surface area contributed by atoms with Gasteiger partial charge in [-0.25, -0.2) is 9.47 Å². The summed E-state index contributed by atoms with van der Waals surface area (Å²) >= 11 is 0. The van der Waals surface area contributed by atoms with Crippen molar-refractivity contribution in [3.05, 3.63) is 58.4 Å². The molecule has 1 aromatic heterocycles. The third kappa shape index (κ3) is 5.29. The lowest BCUT2D eigenvalue weighted by Crippen LogP contribution is -3.00. The normalized spacial score (nSPS) is 22.8. The lowest BCUT2D eigenvalue weighted by molar-refractivity contribution is -0.685. The number of nitrogens with zero attached hydrogens (tertiary/aromatic N) is 4. The van der Waals surface area contributed by atoms with Crippen molar-refractivity contribution in [1.82, 2.24) is 4.98 Å². The number of benzene rings is 1. The van der Waals surface area contributed by atoms with E-state index in [-0.39, 0.29) is 28.7 Å². The first-order chi connectivity index (χ1) is 15.1. The summed E-state index contributed by atoms with van der Waals surface area (Å²) in [5.74, 6) is 0.778. The number of aromatic nitrogens is 2. The van der Waals surface area contributed by atoms with Crippen LogP contribution in [0.4, 0.5) is 11.6 Å². The molecule has 8 heteroatoms. The van der Waals surface area contributed by atoms with Gasteiger partial charge < -0.3 is 22.1 Å². The molecule has 1 N–H and O–H groups in total. The molecule has 0 unspecified atom stereocenters. The van der Waals surface area contributed by atoms with Gasteiger partial charge in [-0.05, 0) is 25.0 Å². The maximum atomic E-state index is 12.0. The molecule has 1 aliphatic heterocycles. The SMILES string of the molecule is O=[N+]([O-])c1ccc([C@]2(O)C[n+]3cccnc3N2C2CCCCCCCCCCC2)cc1.[Br-]. The average Bonchev–Trinajstić information content (AvgIpc) is 3.07. The maximum absolute atomic E-state index is 12.0. The Morgan fingerprint density at radius 1 is 1.00 bits per heavy atom. The Kier molecular flexibility index (Phi) is 8.59. The van der Waals surface area contributed by atoms with Crippen LogP contribution in [0, 0.1) is 10.1 Å². The predicted octanol–water partition coefficient (Wildman–Crippen LogP) is 1.62. The smallest absolute Gasteiger partial charge is 0.397 e. The molecule has 1 atom stereocenters. The summed E-state index contributed by atoms with van der Waals surface area (Å²) in [4.78, 5) is 17.4. The highest BCUT2D eigenvalue weighted by molar-refractivity contribution is 5.43. The van der Waals surface area contributed by atoms with Crippen molar-refractivity contribution in [2.45, 2.75) is 88.9 Å². The number of hydrogen-bond donors (Lipinski definition) is 1. The maximum Gasteiger partial charge on any atom is 0.397 e. The molecule has 174 valence electrons. The zero-order chi connectivity index (χ0) is 21.7. The molecule has 2 aliphatic rings. The van der Waals surface area contributed by atoms with Gasteiger partial charge in [0, 0.05) is 23.8 Å². The van der Waals surface area contributed by atoms with Crippen LogP contribution in [-0.2, 0) is 12.3 Å². The highest BCUT2D eigenvalue weighted by Crippen LogP contribution is 2.38. The molecule has 32 heavy (non-hydrogen) atoms. The Morgan fingerprint density at radius 2 is 1.56 bits per heavy atom. The van der Waals surface area contributed by atoms with Crippen LogP contribution in [-0.4, -0.2) is 21.1 Å². The van der Waals surface area contributed by atoms with Crippen molar-refractivity contribution in [2.75, 3.05) is 4.90 Å². The van der Waals surface area contributed by atoms with Gasteiger partial charge in [0.05, 0.1) is 17.2 Å². The summed E-state index contributed by atoms with van der Waals surface area (Å²) in [5.41, 5.74) is -0.556. The molecule has 2 aromatic rings. The first-order valence-corrected chi connectivity index (χ1v) is 11.7. The lowest BCUT2D eigenvalue weighted by Gasteiger charge is -2.34. The Labute approximate surface area is 200 Å². The summed E-state index contributed by atoms with van der Waals surface area (Å²) in [6.45, 7) is 0.366. The Morgan fingerprint density at radius 3 is 2.12 bits per heavy atom. The van der Waals surface area contributed by atoms with E-state index >= 15 is 0 Å². The quantitative estimate of drug-likeness (QED) is 0.390. The van der Waals surface area contributed by atoms with E-state index in [0.29, 0.717) is 12.1 Å². The monoisotopic (exact) mass is 504 g/mol. The Hall–Kier alpha value is -2.06. The van der Waals surface area contributed by atoms with Crippen LogP contribution in [0.25, 0.3) is 0 Å². The second-order valence-corrected chi connectivity index (χ2v) is 8.95. The van der Waals surface area contributed by atoms with Crippen LogP contribution < -0.4 is 26.4 Å². The van der Waals surface area contributed by atoms with Gasteiger partial charge in [0.25, 0.3) is 5.69 Å². The minimum atomic E-state index is -1.27. The van der Waals surface area contributed by atoms with Crippen LogP contribution in [0.3, 0.4) is 0 Å². The van der Waals surface area contributed by atoms with E-state index in [1.54, 1.807) is 18.3 Å². The van der Waals surface area contributed by atoms with Crippen LogP contribution >= 0.6 is 0 Å². The molecule has 1 aromatic carbocycles. The highest BCUT2D eigenvalue weighted by Gasteiger charge is 2.54. The second-order valence-electron chi connectivity index (χ2n) is 8.95. The molecule has 1 aliphatic carbocycles. The topological polar surface area (TPSA) is 83.4 Å². The van der Waals surface area contributed by atoms with Crippen molar-refractivity contribution in [1.29, 1.82) is 0 Å². The van der Waals surface area contributed by atoms with Gasteiger partial charge in [-0.2, -0.15) is 0 Å². The van der Waals surface area contributed by atoms with E-state index < -0.39 is 10.6 Å². The van der Waals surface area contributed by atoms with Gasteiger partial charge in [-0.1, -0.05) is 62.8 Å². The van der Waals surface area contributed by atoms with Crippen molar-refractivity contribution in [3.63, 3.8) is 0 Å². The molecule has 0 amide bonds. The molecule has 1 fully saturated rings. The fourth-order valence-electron chi connectivity index (χ4n) is 5.14. The van der Waals surface area contributed by atoms with Crippen LogP contribution in [0.15, 0.2) is 42.7 Å². The molecular weight excluding hydrogens is 472 g/mol. The van der Waals surface area contributed by atoms with Gasteiger partial charge in [-0.15, -0.1) is 0 Å². The van der Waals surface area contributed by atoms with Crippen LogP contribution in [0.2, 0.25) is 0 Å². The van der Waals surface area contributed by atoms with Gasteiger partial charge in [-0.3, -0.25) is 10.1 Å². The summed E-state index contributed by atoms with van der Waals surface area (Å²) in [6.07, 6.45) is 17.1. The number of hydrogen-bond acceptors (Lipinski definition) is 5. The molecule has 0 radical (unpaired) electrons. The fourth-order valence-corrected chi connectivity index (χ4v) is 5.14. The van der Waals surface area contributed by atoms with Crippen molar-refractivity contribution >= 4 is 11.6 Å². The molecule has 0 bridgehead atoms. The van der Waals surface area contributed by atoms with E-state index in [2.05, 4.69) is 9.88 Å². The third-order valence-electron chi connectivity index (χ3n) is 6.78. The second kappa shape index (κ2) is 11.2. The number of anilines is 1. The number of halogens is 1. The number of nitro groups is 1. The fraction of sp³-hybridized carbons (Fsp3) is 0.583. The standard InChI is InChI=1S/C24H33N4O3.BrH/c29-24(20-13-15-22(16-14-20)28(30)31)19-26-18-10-17-25-23(26)27(24)21-11-8-6-4-2-1-3-5-7-9-12-21;/h10,13-18,21,29H,1-9,11-12,19H2;1H/q+1;/p-1/t24-;/m1./s1. The van der Waals surface area contributed by atoms with Gasteiger partial charge >= 0.3 is 5.95 Å². The van der Waals surface area contributed by atoms with E-state index in [9.17, 15) is 15.2 Å². The molecule has 4 rings (SSSR count). The first-order valence-electron chi connectivity index (χ1n) is 11.7. The lowest BCUT2D eigenvalue weighted by atomic mass is 9.93. The number of rotatable bonds is 3. The Balaban J connectivity index is 0.00000289. The van der Waals surface area contributed by atoms with Crippen LogP contribution in [0.5, 0.6) is 0 Å². The van der Waals surface area contributed by atoms with Crippen molar-refractivity contribution in [3.8, 4) is 0 Å². The zero-order valence-corrected chi connectivity index (χ0v) is 20.1. The van der Waals surface area contributed by atoms with E-state index in [4.69, 9.17) is 0 Å². The predicted molar refractivity (Wildman–Crippen MR) is 118 cm³/mol. The van der Waals surface area contributed by atoms with E-state index in [1.165, 1.54) is 57.1 Å². The number of non-ortho nitro benzene ring substituents is 1. The Bertz CT molecular complexity index is 883. The third-order valence-corrected chi connectivity index (χ3v) is 6.78. The van der Waals surface area contributed by atoms with Gasteiger partial charge in [0.1, 0.15) is 12.7 Å². The van der Waals surface area contributed by atoms with E-state index in [0.717, 1.165) is 31.6 Å². The van der Waals surface area contributed by atoms with Gasteiger partial charge in [0.2, 0.25) is 5.72 Å². The van der Waals surface area contributed by atoms with Gasteiger partial charge in [0.15, 0.2) is 0 Å². The molecule has 2 heterocycles.